The summed E-state index contributed by atoms with van der Waals surface area (Å²) < 4.78 is 14.9. The summed E-state index contributed by atoms with van der Waals surface area (Å²) in [5.74, 6) is -0.656. The fraction of sp³-hybridized carbons (Fsp3) is 0.258. The third kappa shape index (κ3) is 5.46. The van der Waals surface area contributed by atoms with Gasteiger partial charge in [0, 0.05) is 29.8 Å². The van der Waals surface area contributed by atoms with Crippen LogP contribution in [0.15, 0.2) is 78.0 Å². The van der Waals surface area contributed by atoms with Gasteiger partial charge < -0.3 is 15.3 Å². The van der Waals surface area contributed by atoms with Crippen molar-refractivity contribution in [1.29, 1.82) is 0 Å². The maximum absolute atomic E-state index is 13.3. The molecule has 3 aromatic heterocycles. The number of fused-ring (bicyclic) bond motifs is 1. The first-order chi connectivity index (χ1) is 19.4. The fourth-order valence-corrected chi connectivity index (χ4v) is 5.32. The zero-order valence-corrected chi connectivity index (χ0v) is 22.3. The Morgan fingerprint density at radius 2 is 1.88 bits per heavy atom. The molecule has 3 N–H and O–H groups in total. The van der Waals surface area contributed by atoms with Crippen LogP contribution in [0.3, 0.4) is 0 Å². The number of nitrogens with one attached hydrogen (secondary N) is 3. The van der Waals surface area contributed by atoms with E-state index < -0.39 is 0 Å². The molecule has 1 atom stereocenters. The number of amides is 1. The average molecular weight is 539 g/mol. The molecule has 6 rings (SSSR count). The second-order valence-corrected chi connectivity index (χ2v) is 10.5. The van der Waals surface area contributed by atoms with E-state index in [4.69, 9.17) is 0 Å². The van der Waals surface area contributed by atoms with Crippen molar-refractivity contribution in [2.45, 2.75) is 38.8 Å². The molecule has 204 valence electrons. The molecule has 5 aromatic rings. The van der Waals surface area contributed by atoms with Gasteiger partial charge in [0.2, 0.25) is 0 Å². The van der Waals surface area contributed by atoms with E-state index in [9.17, 15) is 14.0 Å². The molecule has 0 radical (unpaired) electrons. The lowest BCUT2D eigenvalue weighted by Gasteiger charge is -2.26. The number of pyridine rings is 1. The van der Waals surface area contributed by atoms with Crippen LogP contribution in [0.1, 0.15) is 53.7 Å². The van der Waals surface area contributed by atoms with Crippen molar-refractivity contribution >= 4 is 22.5 Å². The summed E-state index contributed by atoms with van der Waals surface area (Å²) in [4.78, 5) is 34.3. The van der Waals surface area contributed by atoms with E-state index in [1.807, 2.05) is 13.0 Å². The smallest absolute Gasteiger partial charge is 0.258 e. The van der Waals surface area contributed by atoms with E-state index in [2.05, 4.69) is 43.5 Å². The Balaban J connectivity index is 1.18. The van der Waals surface area contributed by atoms with Gasteiger partial charge in [-0.15, -0.1) is 0 Å². The number of likely N-dealkylation sites (tertiary alicyclic amines) is 1. The molecule has 0 bridgehead atoms. The SMILES string of the molecule is CC(c1ccc(F)cc1)n1cc(C(=O)Nc2c[nH]c(=O)c(-c3cc4cc(CN5CCCCC5)ccc4[nH]3)c2)cn1. The van der Waals surface area contributed by atoms with Gasteiger partial charge in [-0.3, -0.25) is 19.2 Å². The molecular weight excluding hydrogens is 507 g/mol. The summed E-state index contributed by atoms with van der Waals surface area (Å²) >= 11 is 0. The van der Waals surface area contributed by atoms with Gasteiger partial charge in [0.1, 0.15) is 5.82 Å². The number of halogens is 1. The van der Waals surface area contributed by atoms with Crippen molar-refractivity contribution in [1.82, 2.24) is 24.6 Å². The summed E-state index contributed by atoms with van der Waals surface area (Å²) in [6.07, 6.45) is 8.43. The zero-order valence-electron chi connectivity index (χ0n) is 22.3. The van der Waals surface area contributed by atoms with Crippen LogP contribution < -0.4 is 10.9 Å². The van der Waals surface area contributed by atoms with Crippen LogP contribution in [-0.2, 0) is 6.54 Å². The summed E-state index contributed by atoms with van der Waals surface area (Å²) in [5.41, 5.74) is 4.78. The standard InChI is InChI=1S/C31H31FN6O2/c1-20(22-6-8-25(32)9-7-22)38-19-24(16-34-38)30(39)35-26-15-27(31(40)33-17-26)29-14-23-13-21(5-10-28(23)36-29)18-37-11-3-2-4-12-37/h5-10,13-17,19-20,36H,2-4,11-12,18H2,1H3,(H,33,40)(H,35,39). The predicted molar refractivity (Wildman–Crippen MR) is 154 cm³/mol. The highest BCUT2D eigenvalue weighted by Gasteiger charge is 2.16. The molecule has 0 spiro atoms. The highest BCUT2D eigenvalue weighted by Crippen LogP contribution is 2.26. The molecule has 4 heterocycles. The van der Waals surface area contributed by atoms with Crippen LogP contribution in [0, 0.1) is 5.82 Å². The maximum atomic E-state index is 13.3. The molecular formula is C31H31FN6O2. The third-order valence-corrected chi connectivity index (χ3v) is 7.60. The number of H-pyrrole nitrogens is 2. The molecule has 9 heteroatoms. The Morgan fingerprint density at radius 3 is 2.67 bits per heavy atom. The number of aromatic nitrogens is 4. The maximum Gasteiger partial charge on any atom is 0.258 e. The van der Waals surface area contributed by atoms with Gasteiger partial charge in [-0.25, -0.2) is 4.39 Å². The third-order valence-electron chi connectivity index (χ3n) is 7.60. The number of carbonyl (C=O) groups excluding carboxylic acids is 1. The molecule has 8 nitrogen and oxygen atoms in total. The number of benzene rings is 2. The van der Waals surface area contributed by atoms with E-state index in [1.165, 1.54) is 49.4 Å². The quantitative estimate of drug-likeness (QED) is 0.247. The highest BCUT2D eigenvalue weighted by molar-refractivity contribution is 6.04. The largest absolute Gasteiger partial charge is 0.354 e. The van der Waals surface area contributed by atoms with Gasteiger partial charge in [-0.2, -0.15) is 5.10 Å². The number of carbonyl (C=O) groups is 1. The summed E-state index contributed by atoms with van der Waals surface area (Å²) in [5, 5.41) is 8.22. The Morgan fingerprint density at radius 1 is 1.07 bits per heavy atom. The van der Waals surface area contributed by atoms with Crippen molar-refractivity contribution in [3.8, 4) is 11.3 Å². The number of rotatable bonds is 7. The first kappa shape index (κ1) is 25.8. The number of anilines is 1. The minimum Gasteiger partial charge on any atom is -0.354 e. The van der Waals surface area contributed by atoms with Crippen LogP contribution in [0.4, 0.5) is 10.1 Å². The molecule has 1 aliphatic rings. The van der Waals surface area contributed by atoms with Crippen LogP contribution >= 0.6 is 0 Å². The van der Waals surface area contributed by atoms with Crippen LogP contribution in [-0.4, -0.2) is 43.6 Å². The summed E-state index contributed by atoms with van der Waals surface area (Å²) in [6.45, 7) is 5.13. The van der Waals surface area contributed by atoms with Gasteiger partial charge in [-0.05, 0) is 80.4 Å². The lowest BCUT2D eigenvalue weighted by atomic mass is 10.1. The number of nitrogens with zero attached hydrogens (tertiary/aromatic N) is 3. The Kier molecular flexibility index (Phi) is 7.04. The lowest BCUT2D eigenvalue weighted by molar-refractivity contribution is 0.102. The number of hydrogen-bond acceptors (Lipinski definition) is 4. The highest BCUT2D eigenvalue weighted by atomic mass is 19.1. The normalized spacial score (nSPS) is 14.8. The molecule has 1 aliphatic heterocycles. The topological polar surface area (TPSA) is 98.8 Å². The van der Waals surface area contributed by atoms with E-state index in [1.54, 1.807) is 29.1 Å². The van der Waals surface area contributed by atoms with E-state index in [0.717, 1.165) is 36.1 Å². The van der Waals surface area contributed by atoms with Crippen molar-refractivity contribution in [2.75, 3.05) is 18.4 Å². The van der Waals surface area contributed by atoms with Gasteiger partial charge in [-0.1, -0.05) is 24.6 Å². The van der Waals surface area contributed by atoms with E-state index in [0.29, 0.717) is 22.5 Å². The second-order valence-electron chi connectivity index (χ2n) is 10.5. The first-order valence-corrected chi connectivity index (χ1v) is 13.6. The van der Waals surface area contributed by atoms with Gasteiger partial charge >= 0.3 is 0 Å². The zero-order chi connectivity index (χ0) is 27.6. The minimum absolute atomic E-state index is 0.177. The first-order valence-electron chi connectivity index (χ1n) is 13.6. The van der Waals surface area contributed by atoms with Crippen LogP contribution in [0.2, 0.25) is 0 Å². The van der Waals surface area contributed by atoms with Gasteiger partial charge in [0.25, 0.3) is 11.5 Å². The number of aromatic amines is 2. The molecule has 0 aliphatic carbocycles. The Hall–Kier alpha value is -4.50. The monoisotopic (exact) mass is 538 g/mol. The van der Waals surface area contributed by atoms with Crippen molar-refractivity contribution < 1.29 is 9.18 Å². The molecule has 1 unspecified atom stereocenters. The number of hydrogen-bond donors (Lipinski definition) is 3. The van der Waals surface area contributed by atoms with Crippen LogP contribution in [0.5, 0.6) is 0 Å². The lowest BCUT2D eigenvalue weighted by Crippen LogP contribution is -2.28. The number of piperidine rings is 1. The van der Waals surface area contributed by atoms with E-state index in [-0.39, 0.29) is 23.3 Å². The van der Waals surface area contributed by atoms with E-state index >= 15 is 0 Å². The fourth-order valence-electron chi connectivity index (χ4n) is 5.32. The molecule has 0 saturated carbocycles. The Labute approximate surface area is 230 Å². The van der Waals surface area contributed by atoms with Crippen molar-refractivity contribution in [3.05, 3.63) is 106 Å². The molecule has 1 fully saturated rings. The van der Waals surface area contributed by atoms with Crippen LogP contribution in [0.25, 0.3) is 22.2 Å². The molecule has 40 heavy (non-hydrogen) atoms. The summed E-state index contributed by atoms with van der Waals surface area (Å²) in [7, 11) is 0. The van der Waals surface area contributed by atoms with Crippen molar-refractivity contribution in [3.63, 3.8) is 0 Å². The summed E-state index contributed by atoms with van der Waals surface area (Å²) in [6, 6.07) is 16.0. The molecule has 1 saturated heterocycles. The molecule has 1 amide bonds. The molecule has 2 aromatic carbocycles. The predicted octanol–water partition coefficient (Wildman–Crippen LogP) is 5.71. The Bertz CT molecular complexity index is 1710. The van der Waals surface area contributed by atoms with Crippen molar-refractivity contribution in [2.24, 2.45) is 0 Å². The second kappa shape index (κ2) is 10.9. The van der Waals surface area contributed by atoms with Gasteiger partial charge in [0.05, 0.1) is 34.7 Å². The van der Waals surface area contributed by atoms with Gasteiger partial charge in [0.15, 0.2) is 0 Å². The minimum atomic E-state index is -0.352. The average Bonchev–Trinajstić information content (AvgIpc) is 3.62.